The quantitative estimate of drug-likeness (QED) is 0.532. The van der Waals surface area contributed by atoms with E-state index in [9.17, 15) is 0 Å². The Morgan fingerprint density at radius 2 is 2.09 bits per heavy atom. The second-order valence-electron chi connectivity index (χ2n) is 2.57. The first kappa shape index (κ1) is 10.5. The van der Waals surface area contributed by atoms with Crippen LogP contribution in [0.1, 0.15) is 20.8 Å². The Morgan fingerprint density at radius 3 is 2.73 bits per heavy atom. The van der Waals surface area contributed by atoms with Crippen LogP contribution in [0.25, 0.3) is 0 Å². The molecule has 0 aliphatic carbocycles. The summed E-state index contributed by atoms with van der Waals surface area (Å²) in [6.07, 6.45) is 1.85. The van der Waals surface area contributed by atoms with E-state index < -0.39 is 0 Å². The lowest BCUT2D eigenvalue weighted by Crippen LogP contribution is -2.21. The van der Waals surface area contributed by atoms with Crippen LogP contribution in [0.4, 0.5) is 0 Å². The van der Waals surface area contributed by atoms with Gasteiger partial charge in [0.1, 0.15) is 0 Å². The minimum atomic E-state index is 0.827. The predicted octanol–water partition coefficient (Wildman–Crippen LogP) is 1.88. The number of rotatable bonds is 0. The molecule has 0 radical (unpaired) electrons. The van der Waals surface area contributed by atoms with Crippen molar-refractivity contribution in [3.63, 3.8) is 0 Å². The average Bonchev–Trinajstić information content (AvgIpc) is 2.18. The fraction of sp³-hybridized carbons (Fsp3) is 0.778. The summed E-state index contributed by atoms with van der Waals surface area (Å²) in [6, 6.07) is 0. The third kappa shape index (κ3) is 4.85. The number of ether oxygens (including phenoxy) is 1. The minimum absolute atomic E-state index is 0.827. The molecular weight excluding hydrogens is 138 g/mol. The van der Waals surface area contributed by atoms with Gasteiger partial charge in [0.05, 0.1) is 12.9 Å². The molecule has 1 aliphatic heterocycles. The topological polar surface area (TPSA) is 12.5 Å². The van der Waals surface area contributed by atoms with Gasteiger partial charge in [0.15, 0.2) is 0 Å². The van der Waals surface area contributed by atoms with E-state index in [0.29, 0.717) is 0 Å². The molecule has 11 heavy (non-hydrogen) atoms. The van der Waals surface area contributed by atoms with Gasteiger partial charge in [0, 0.05) is 13.1 Å². The van der Waals surface area contributed by atoms with Crippen molar-refractivity contribution in [3.05, 3.63) is 11.8 Å². The summed E-state index contributed by atoms with van der Waals surface area (Å²) in [6.45, 7) is 8.99. The Kier molecular flexibility index (Phi) is 5.94. The van der Waals surface area contributed by atoms with Crippen LogP contribution in [-0.4, -0.2) is 31.6 Å². The van der Waals surface area contributed by atoms with Crippen LogP contribution in [0, 0.1) is 0 Å². The van der Waals surface area contributed by atoms with E-state index in [2.05, 4.69) is 18.9 Å². The number of hydrogen-bond acceptors (Lipinski definition) is 2. The lowest BCUT2D eigenvalue weighted by Gasteiger charge is -2.11. The van der Waals surface area contributed by atoms with Crippen LogP contribution in [0.5, 0.6) is 0 Å². The molecule has 1 heterocycles. The van der Waals surface area contributed by atoms with Crippen molar-refractivity contribution >= 4 is 0 Å². The summed E-state index contributed by atoms with van der Waals surface area (Å²) in [5, 5.41) is 0. The smallest absolute Gasteiger partial charge is 0.1000 e. The summed E-state index contributed by atoms with van der Waals surface area (Å²) in [5.74, 6) is 0. The number of likely N-dealkylation sites (N-methyl/N-ethyl adjacent to an activating group) is 1. The molecule has 0 fully saturated rings. The van der Waals surface area contributed by atoms with Gasteiger partial charge in [-0.15, -0.1) is 0 Å². The van der Waals surface area contributed by atoms with Gasteiger partial charge in [0.25, 0.3) is 0 Å². The van der Waals surface area contributed by atoms with E-state index in [4.69, 9.17) is 4.74 Å². The molecule has 0 N–H and O–H groups in total. The Morgan fingerprint density at radius 1 is 1.45 bits per heavy atom. The highest BCUT2D eigenvalue weighted by Gasteiger charge is 2.02. The van der Waals surface area contributed by atoms with Gasteiger partial charge in [-0.2, -0.15) is 0 Å². The van der Waals surface area contributed by atoms with Gasteiger partial charge in [-0.3, -0.25) is 4.90 Å². The Bertz CT molecular complexity index is 121. The molecule has 2 heteroatoms. The first-order valence-electron chi connectivity index (χ1n) is 4.25. The minimum Gasteiger partial charge on any atom is -0.500 e. The Balaban J connectivity index is 0.000000461. The van der Waals surface area contributed by atoms with Crippen LogP contribution in [0.3, 0.4) is 0 Å². The molecule has 0 saturated heterocycles. The fourth-order valence-corrected chi connectivity index (χ4v) is 0.952. The zero-order valence-electron chi connectivity index (χ0n) is 8.05. The van der Waals surface area contributed by atoms with Crippen molar-refractivity contribution in [2.24, 2.45) is 0 Å². The SMILES string of the molecule is CC.CC1=COCCN(C)C1. The largest absolute Gasteiger partial charge is 0.500 e. The van der Waals surface area contributed by atoms with Gasteiger partial charge < -0.3 is 4.74 Å². The maximum atomic E-state index is 5.17. The molecule has 2 nitrogen and oxygen atoms in total. The monoisotopic (exact) mass is 157 g/mol. The van der Waals surface area contributed by atoms with Crippen LogP contribution >= 0.6 is 0 Å². The molecule has 0 unspecified atom stereocenters. The standard InChI is InChI=1S/C7H13NO.C2H6/c1-7-5-8(2)3-4-9-6-7;1-2/h6H,3-5H2,1-2H3;1-2H3. The third-order valence-corrected chi connectivity index (χ3v) is 1.39. The maximum absolute atomic E-state index is 5.17. The van der Waals surface area contributed by atoms with E-state index in [1.807, 2.05) is 20.1 Å². The maximum Gasteiger partial charge on any atom is 0.1000 e. The van der Waals surface area contributed by atoms with E-state index in [1.54, 1.807) is 0 Å². The second kappa shape index (κ2) is 6.23. The first-order chi connectivity index (χ1) is 5.29. The van der Waals surface area contributed by atoms with Crippen LogP contribution in [-0.2, 0) is 4.74 Å². The molecular formula is C9H19NO. The highest BCUT2D eigenvalue weighted by molar-refractivity contribution is 4.97. The van der Waals surface area contributed by atoms with E-state index in [0.717, 1.165) is 19.7 Å². The van der Waals surface area contributed by atoms with Gasteiger partial charge in [-0.05, 0) is 19.5 Å². The van der Waals surface area contributed by atoms with Crippen molar-refractivity contribution in [1.82, 2.24) is 4.90 Å². The molecule has 1 aliphatic rings. The molecule has 0 bridgehead atoms. The van der Waals surface area contributed by atoms with Crippen LogP contribution in [0.15, 0.2) is 11.8 Å². The first-order valence-corrected chi connectivity index (χ1v) is 4.25. The molecule has 66 valence electrons. The number of nitrogens with zero attached hydrogens (tertiary/aromatic N) is 1. The molecule has 0 spiro atoms. The molecule has 0 atom stereocenters. The highest BCUT2D eigenvalue weighted by atomic mass is 16.5. The van der Waals surface area contributed by atoms with E-state index in [1.165, 1.54) is 5.57 Å². The number of hydrogen-bond donors (Lipinski definition) is 0. The van der Waals surface area contributed by atoms with Gasteiger partial charge >= 0.3 is 0 Å². The van der Waals surface area contributed by atoms with E-state index >= 15 is 0 Å². The predicted molar refractivity (Wildman–Crippen MR) is 48.6 cm³/mol. The van der Waals surface area contributed by atoms with Crippen molar-refractivity contribution < 1.29 is 4.74 Å². The molecule has 1 rings (SSSR count). The molecule has 0 aromatic carbocycles. The molecule has 0 aromatic heterocycles. The summed E-state index contributed by atoms with van der Waals surface area (Å²) >= 11 is 0. The van der Waals surface area contributed by atoms with Crippen LogP contribution in [0.2, 0.25) is 0 Å². The van der Waals surface area contributed by atoms with E-state index in [-0.39, 0.29) is 0 Å². The van der Waals surface area contributed by atoms with Crippen molar-refractivity contribution in [2.45, 2.75) is 20.8 Å². The molecule has 0 amide bonds. The Labute approximate surface area is 69.8 Å². The highest BCUT2D eigenvalue weighted by Crippen LogP contribution is 2.00. The zero-order valence-corrected chi connectivity index (χ0v) is 8.05. The molecule has 0 saturated carbocycles. The van der Waals surface area contributed by atoms with Gasteiger partial charge in [0.2, 0.25) is 0 Å². The van der Waals surface area contributed by atoms with Crippen molar-refractivity contribution in [3.8, 4) is 0 Å². The Hall–Kier alpha value is -0.500. The van der Waals surface area contributed by atoms with Gasteiger partial charge in [-0.1, -0.05) is 13.8 Å². The third-order valence-electron chi connectivity index (χ3n) is 1.39. The average molecular weight is 157 g/mol. The van der Waals surface area contributed by atoms with Crippen molar-refractivity contribution in [2.75, 3.05) is 26.7 Å². The lowest BCUT2D eigenvalue weighted by atomic mass is 10.3. The lowest BCUT2D eigenvalue weighted by molar-refractivity contribution is 0.220. The van der Waals surface area contributed by atoms with Crippen molar-refractivity contribution in [1.29, 1.82) is 0 Å². The fourth-order valence-electron chi connectivity index (χ4n) is 0.952. The zero-order chi connectivity index (χ0) is 8.69. The van der Waals surface area contributed by atoms with Crippen LogP contribution < -0.4 is 0 Å². The second-order valence-corrected chi connectivity index (χ2v) is 2.57. The normalized spacial score (nSPS) is 18.7. The summed E-state index contributed by atoms with van der Waals surface area (Å²) < 4.78 is 5.17. The molecule has 0 aromatic rings. The summed E-state index contributed by atoms with van der Waals surface area (Å²) in [5.41, 5.74) is 1.30. The summed E-state index contributed by atoms with van der Waals surface area (Å²) in [4.78, 5) is 2.25. The summed E-state index contributed by atoms with van der Waals surface area (Å²) in [7, 11) is 2.10. The van der Waals surface area contributed by atoms with Gasteiger partial charge in [-0.25, -0.2) is 0 Å².